The van der Waals surface area contributed by atoms with E-state index < -0.39 is 0 Å². The average molecular weight is 291 g/mol. The summed E-state index contributed by atoms with van der Waals surface area (Å²) in [7, 11) is 0. The second kappa shape index (κ2) is 5.37. The molecule has 0 saturated heterocycles. The Morgan fingerprint density at radius 1 is 1.10 bits per heavy atom. The number of allylic oxidation sites excluding steroid dienone is 2. The van der Waals surface area contributed by atoms with Gasteiger partial charge in [0.2, 0.25) is 0 Å². The summed E-state index contributed by atoms with van der Waals surface area (Å²) in [6.07, 6.45) is 3.77. The lowest BCUT2D eigenvalue weighted by atomic mass is 9.80. The highest BCUT2D eigenvalue weighted by Crippen LogP contribution is 2.43. The number of benzene rings is 1. The molecule has 1 N–H and O–H groups in total. The van der Waals surface area contributed by atoms with E-state index in [1.807, 2.05) is 0 Å². The number of azo groups is 1. The van der Waals surface area contributed by atoms with Crippen LogP contribution in [0.25, 0.3) is 0 Å². The van der Waals surface area contributed by atoms with Gasteiger partial charge in [-0.05, 0) is 25.0 Å². The molecule has 5 heteroatoms. The van der Waals surface area contributed by atoms with Crippen LogP contribution in [0.15, 0.2) is 46.0 Å². The summed E-state index contributed by atoms with van der Waals surface area (Å²) in [4.78, 5) is 12.3. The maximum atomic E-state index is 12.3. The number of aliphatic hydroxyl groups excluding tert-OH is 1. The molecule has 3 rings (SSSR count). The predicted octanol–water partition coefficient (Wildman–Crippen LogP) is 4.58. The monoisotopic (exact) mass is 290 g/mol. The number of hydrogen-bond donors (Lipinski definition) is 1. The minimum atomic E-state index is -0.107. The van der Waals surface area contributed by atoms with Crippen molar-refractivity contribution in [3.05, 3.63) is 40.7 Å². The molecule has 2 aliphatic carbocycles. The molecule has 2 unspecified atom stereocenters. The third-order valence-corrected chi connectivity index (χ3v) is 4.36. The average Bonchev–Trinajstić information content (AvgIpc) is 2.71. The van der Waals surface area contributed by atoms with Crippen molar-refractivity contribution in [1.82, 2.24) is 0 Å². The van der Waals surface area contributed by atoms with Crippen LogP contribution in [-0.4, -0.2) is 10.9 Å². The Bertz CT molecular complexity index is 610. The molecule has 0 amide bonds. The number of nitrogens with zero attached hydrogens (tertiary/aromatic N) is 2. The van der Waals surface area contributed by atoms with Gasteiger partial charge >= 0.3 is 0 Å². The quantitative estimate of drug-likeness (QED) is 0.810. The Morgan fingerprint density at radius 2 is 1.80 bits per heavy atom. The van der Waals surface area contributed by atoms with Crippen molar-refractivity contribution in [2.75, 3.05) is 0 Å². The molecule has 20 heavy (non-hydrogen) atoms. The highest BCUT2D eigenvalue weighted by Gasteiger charge is 2.43. The van der Waals surface area contributed by atoms with Gasteiger partial charge in [-0.15, -0.1) is 10.2 Å². The second-order valence-corrected chi connectivity index (χ2v) is 5.65. The molecule has 0 aromatic heterocycles. The zero-order valence-corrected chi connectivity index (χ0v) is 11.7. The summed E-state index contributed by atoms with van der Waals surface area (Å²) in [5.41, 5.74) is 0.610. The van der Waals surface area contributed by atoms with E-state index in [2.05, 4.69) is 10.2 Å². The molecule has 1 fully saturated rings. The molecule has 1 aromatic rings. The van der Waals surface area contributed by atoms with Gasteiger partial charge in [0, 0.05) is 11.8 Å². The molecular weight excluding hydrogens is 276 g/mol. The number of ketones is 1. The molecule has 2 atom stereocenters. The zero-order valence-electron chi connectivity index (χ0n) is 10.9. The first kappa shape index (κ1) is 13.3. The van der Waals surface area contributed by atoms with Crippen LogP contribution in [0.1, 0.15) is 25.7 Å². The van der Waals surface area contributed by atoms with Crippen molar-refractivity contribution >= 4 is 23.1 Å². The number of fused-ring (bicyclic) bond motifs is 1. The molecule has 0 aliphatic heterocycles. The SMILES string of the molecule is O=C1C(N=Nc2ccccc2Cl)=C(O)C2CCCCC12. The van der Waals surface area contributed by atoms with Crippen LogP contribution >= 0.6 is 11.6 Å². The third-order valence-electron chi connectivity index (χ3n) is 4.04. The second-order valence-electron chi connectivity index (χ2n) is 5.25. The first-order chi connectivity index (χ1) is 9.68. The van der Waals surface area contributed by atoms with Gasteiger partial charge in [0.1, 0.15) is 11.4 Å². The molecule has 4 nitrogen and oxygen atoms in total. The highest BCUT2D eigenvalue weighted by molar-refractivity contribution is 6.32. The molecular formula is C15H15ClN2O2. The van der Waals surface area contributed by atoms with Crippen molar-refractivity contribution in [3.63, 3.8) is 0 Å². The van der Waals surface area contributed by atoms with Gasteiger partial charge in [0.05, 0.1) is 5.02 Å². The number of carbonyl (C=O) groups excluding carboxylic acids is 1. The van der Waals surface area contributed by atoms with Crippen LogP contribution in [0.2, 0.25) is 5.02 Å². The lowest BCUT2D eigenvalue weighted by Crippen LogP contribution is -2.21. The van der Waals surface area contributed by atoms with Crippen molar-refractivity contribution in [1.29, 1.82) is 0 Å². The molecule has 1 aromatic carbocycles. The fourth-order valence-corrected chi connectivity index (χ4v) is 3.16. The van der Waals surface area contributed by atoms with Crippen molar-refractivity contribution in [3.8, 4) is 0 Å². The van der Waals surface area contributed by atoms with Crippen LogP contribution in [0, 0.1) is 11.8 Å². The number of Topliss-reactive ketones (excluding diaryl/α,β-unsaturated/α-hetero) is 1. The summed E-state index contributed by atoms with van der Waals surface area (Å²) in [5, 5.41) is 18.6. The highest BCUT2D eigenvalue weighted by atomic mass is 35.5. The normalized spacial score (nSPS) is 26.4. The fraction of sp³-hybridized carbons (Fsp3) is 0.400. The number of rotatable bonds is 2. The Labute approximate surface area is 122 Å². The zero-order chi connectivity index (χ0) is 14.1. The first-order valence-corrected chi connectivity index (χ1v) is 7.20. The summed E-state index contributed by atoms with van der Waals surface area (Å²) >= 11 is 5.99. The van der Waals surface area contributed by atoms with E-state index in [4.69, 9.17) is 11.6 Å². The predicted molar refractivity (Wildman–Crippen MR) is 76.1 cm³/mol. The topological polar surface area (TPSA) is 62.0 Å². The van der Waals surface area contributed by atoms with Crippen molar-refractivity contribution < 1.29 is 9.90 Å². The minimum absolute atomic E-state index is 0.0588. The summed E-state index contributed by atoms with van der Waals surface area (Å²) < 4.78 is 0. The van der Waals surface area contributed by atoms with E-state index in [9.17, 15) is 9.90 Å². The van der Waals surface area contributed by atoms with E-state index in [1.165, 1.54) is 0 Å². The summed E-state index contributed by atoms with van der Waals surface area (Å²) in [5.74, 6) is -0.140. The standard InChI is InChI=1S/C15H15ClN2O2/c16-11-7-3-4-8-12(11)17-18-13-14(19)9-5-1-2-6-10(9)15(13)20/h3-4,7-10,19H,1-2,5-6H2. The van der Waals surface area contributed by atoms with Gasteiger partial charge < -0.3 is 5.11 Å². The van der Waals surface area contributed by atoms with E-state index in [0.29, 0.717) is 10.7 Å². The molecule has 0 bridgehead atoms. The van der Waals surface area contributed by atoms with E-state index in [-0.39, 0.29) is 29.1 Å². The van der Waals surface area contributed by atoms with Crippen LogP contribution in [0.3, 0.4) is 0 Å². The van der Waals surface area contributed by atoms with Crippen LogP contribution in [-0.2, 0) is 4.79 Å². The Morgan fingerprint density at radius 3 is 2.50 bits per heavy atom. The lowest BCUT2D eigenvalue weighted by molar-refractivity contribution is -0.120. The maximum Gasteiger partial charge on any atom is 0.190 e. The van der Waals surface area contributed by atoms with Gasteiger partial charge in [-0.1, -0.05) is 36.6 Å². The van der Waals surface area contributed by atoms with Crippen LogP contribution < -0.4 is 0 Å². The van der Waals surface area contributed by atoms with Gasteiger partial charge in [-0.25, -0.2) is 0 Å². The Hall–Kier alpha value is -1.68. The largest absolute Gasteiger partial charge is 0.510 e. The summed E-state index contributed by atoms with van der Waals surface area (Å²) in [6.45, 7) is 0. The van der Waals surface area contributed by atoms with Gasteiger partial charge in [-0.3, -0.25) is 4.79 Å². The molecule has 0 radical (unpaired) electrons. The van der Waals surface area contributed by atoms with E-state index in [0.717, 1.165) is 25.7 Å². The van der Waals surface area contributed by atoms with E-state index >= 15 is 0 Å². The number of carbonyl (C=O) groups is 1. The van der Waals surface area contributed by atoms with E-state index in [1.54, 1.807) is 24.3 Å². The molecule has 104 valence electrons. The van der Waals surface area contributed by atoms with Crippen molar-refractivity contribution in [2.24, 2.45) is 22.1 Å². The Balaban J connectivity index is 1.88. The van der Waals surface area contributed by atoms with Crippen molar-refractivity contribution in [2.45, 2.75) is 25.7 Å². The number of hydrogen-bond acceptors (Lipinski definition) is 4. The third kappa shape index (κ3) is 2.24. The number of halogens is 1. The smallest absolute Gasteiger partial charge is 0.190 e. The van der Waals surface area contributed by atoms with Gasteiger partial charge in [0.25, 0.3) is 0 Å². The molecule has 1 saturated carbocycles. The van der Waals surface area contributed by atoms with Gasteiger partial charge in [-0.2, -0.15) is 0 Å². The number of aliphatic hydroxyl groups is 1. The minimum Gasteiger partial charge on any atom is -0.510 e. The van der Waals surface area contributed by atoms with Gasteiger partial charge in [0.15, 0.2) is 11.5 Å². The molecule has 0 heterocycles. The first-order valence-electron chi connectivity index (χ1n) is 6.82. The Kier molecular flexibility index (Phi) is 3.57. The molecule has 0 spiro atoms. The fourth-order valence-electron chi connectivity index (χ4n) is 2.99. The van der Waals surface area contributed by atoms with Crippen LogP contribution in [0.5, 0.6) is 0 Å². The summed E-state index contributed by atoms with van der Waals surface area (Å²) in [6, 6.07) is 7.02. The van der Waals surface area contributed by atoms with Crippen LogP contribution in [0.4, 0.5) is 5.69 Å². The maximum absolute atomic E-state index is 12.3. The molecule has 2 aliphatic rings. The lowest BCUT2D eigenvalue weighted by Gasteiger charge is -2.23.